The molecule has 1 aromatic carbocycles. The summed E-state index contributed by atoms with van der Waals surface area (Å²) < 4.78 is 5.03. The fraction of sp³-hybridized carbons (Fsp3) is 0.286. The molecule has 2 rings (SSSR count). The maximum Gasteiger partial charge on any atom is 0.130 e. The lowest BCUT2D eigenvalue weighted by Crippen LogP contribution is -1.93. The number of carbonyl (C=O) groups is 1. The summed E-state index contributed by atoms with van der Waals surface area (Å²) in [5, 5.41) is 0. The highest BCUT2D eigenvalue weighted by atomic mass is 16.5. The lowest BCUT2D eigenvalue weighted by molar-refractivity contribution is -0.116. The number of benzene rings is 1. The van der Waals surface area contributed by atoms with Crippen LogP contribution in [-0.2, 0) is 11.2 Å². The highest BCUT2D eigenvalue weighted by Gasteiger charge is 1.96. The second-order valence-corrected chi connectivity index (χ2v) is 3.81. The Hall–Kier alpha value is -2.10. The number of ether oxygens (including phenoxy) is 1. The standard InChI is InChI=1S/C11H14O2.C3H4N2/c1-9(12)3-4-10-5-7-11(13-2)8-6-10;1-2-5-3-4-1/h5-8H,3-4H2,1-2H3;1-3H,(H,4,5). The van der Waals surface area contributed by atoms with E-state index in [0.717, 1.165) is 12.2 Å². The molecule has 18 heavy (non-hydrogen) atoms. The van der Waals surface area contributed by atoms with Crippen LogP contribution in [0.4, 0.5) is 0 Å². The van der Waals surface area contributed by atoms with Crippen LogP contribution >= 0.6 is 0 Å². The quantitative estimate of drug-likeness (QED) is 0.902. The van der Waals surface area contributed by atoms with Gasteiger partial charge in [-0.3, -0.25) is 0 Å². The molecule has 96 valence electrons. The molecule has 0 radical (unpaired) electrons. The number of hydrogen-bond donors (Lipinski definition) is 1. The molecule has 0 bridgehead atoms. The first-order valence-electron chi connectivity index (χ1n) is 5.77. The van der Waals surface area contributed by atoms with Crippen molar-refractivity contribution in [2.24, 2.45) is 0 Å². The van der Waals surface area contributed by atoms with Crippen LogP contribution in [0.5, 0.6) is 5.75 Å². The van der Waals surface area contributed by atoms with E-state index in [-0.39, 0.29) is 5.78 Å². The van der Waals surface area contributed by atoms with Crippen molar-refractivity contribution in [1.82, 2.24) is 9.97 Å². The number of aromatic amines is 1. The van der Waals surface area contributed by atoms with E-state index in [4.69, 9.17) is 4.74 Å². The van der Waals surface area contributed by atoms with Gasteiger partial charge in [0, 0.05) is 18.8 Å². The summed E-state index contributed by atoms with van der Waals surface area (Å²) in [6, 6.07) is 7.80. The number of H-pyrrole nitrogens is 1. The second kappa shape index (κ2) is 8.06. The summed E-state index contributed by atoms with van der Waals surface area (Å²) in [4.78, 5) is 17.1. The van der Waals surface area contributed by atoms with Gasteiger partial charge in [-0.05, 0) is 31.0 Å². The van der Waals surface area contributed by atoms with Gasteiger partial charge >= 0.3 is 0 Å². The number of Topliss-reactive ketones (excluding diaryl/α,β-unsaturated/α-hetero) is 1. The molecule has 0 unspecified atom stereocenters. The molecule has 0 saturated carbocycles. The first-order chi connectivity index (χ1) is 8.72. The number of hydrogen-bond acceptors (Lipinski definition) is 3. The van der Waals surface area contributed by atoms with Crippen LogP contribution < -0.4 is 4.74 Å². The molecule has 0 atom stereocenters. The minimum atomic E-state index is 0.232. The Morgan fingerprint density at radius 1 is 1.33 bits per heavy atom. The third-order valence-electron chi connectivity index (χ3n) is 2.33. The maximum absolute atomic E-state index is 10.7. The van der Waals surface area contributed by atoms with Gasteiger partial charge in [0.25, 0.3) is 0 Å². The molecule has 0 saturated heterocycles. The van der Waals surface area contributed by atoms with Gasteiger partial charge in [0.15, 0.2) is 0 Å². The molecule has 0 aliphatic rings. The number of ketones is 1. The number of methoxy groups -OCH3 is 1. The van der Waals surface area contributed by atoms with E-state index >= 15 is 0 Å². The van der Waals surface area contributed by atoms with Gasteiger partial charge in [-0.1, -0.05) is 12.1 Å². The number of nitrogens with zero attached hydrogens (tertiary/aromatic N) is 1. The van der Waals surface area contributed by atoms with Gasteiger partial charge < -0.3 is 14.5 Å². The van der Waals surface area contributed by atoms with Crippen molar-refractivity contribution in [3.05, 3.63) is 48.5 Å². The van der Waals surface area contributed by atoms with E-state index in [9.17, 15) is 4.79 Å². The van der Waals surface area contributed by atoms with E-state index in [2.05, 4.69) is 9.97 Å². The summed E-state index contributed by atoms with van der Waals surface area (Å²) in [7, 11) is 1.64. The Morgan fingerprint density at radius 3 is 2.44 bits per heavy atom. The molecule has 1 N–H and O–H groups in total. The Bertz CT molecular complexity index is 418. The lowest BCUT2D eigenvalue weighted by Gasteiger charge is -2.01. The van der Waals surface area contributed by atoms with E-state index in [1.165, 1.54) is 5.56 Å². The third-order valence-corrected chi connectivity index (χ3v) is 2.33. The first-order valence-corrected chi connectivity index (χ1v) is 5.77. The number of imidazole rings is 1. The fourth-order valence-corrected chi connectivity index (χ4v) is 1.33. The second-order valence-electron chi connectivity index (χ2n) is 3.81. The number of rotatable bonds is 4. The summed E-state index contributed by atoms with van der Waals surface area (Å²) >= 11 is 0. The van der Waals surface area contributed by atoms with Crippen molar-refractivity contribution in [2.45, 2.75) is 19.8 Å². The number of carbonyl (C=O) groups excluding carboxylic acids is 1. The van der Waals surface area contributed by atoms with Crippen molar-refractivity contribution in [2.75, 3.05) is 7.11 Å². The molecule has 1 aromatic heterocycles. The van der Waals surface area contributed by atoms with Gasteiger partial charge in [0.1, 0.15) is 11.5 Å². The summed E-state index contributed by atoms with van der Waals surface area (Å²) in [5.74, 6) is 1.09. The predicted octanol–water partition coefficient (Wildman–Crippen LogP) is 2.63. The largest absolute Gasteiger partial charge is 0.497 e. The van der Waals surface area contributed by atoms with Crippen LogP contribution in [0.25, 0.3) is 0 Å². The first kappa shape index (κ1) is 14.0. The van der Waals surface area contributed by atoms with E-state index < -0.39 is 0 Å². The van der Waals surface area contributed by atoms with E-state index in [1.807, 2.05) is 24.3 Å². The summed E-state index contributed by atoms with van der Waals surface area (Å²) in [5.41, 5.74) is 1.18. The Balaban J connectivity index is 0.000000269. The van der Waals surface area contributed by atoms with E-state index in [0.29, 0.717) is 6.42 Å². The zero-order valence-corrected chi connectivity index (χ0v) is 10.7. The molecule has 0 amide bonds. The average Bonchev–Trinajstić information content (AvgIpc) is 2.96. The minimum Gasteiger partial charge on any atom is -0.497 e. The molecular formula is C14H18N2O2. The van der Waals surface area contributed by atoms with E-state index in [1.54, 1.807) is 32.8 Å². The van der Waals surface area contributed by atoms with Crippen molar-refractivity contribution >= 4 is 5.78 Å². The van der Waals surface area contributed by atoms with Gasteiger partial charge in [0.05, 0.1) is 13.4 Å². The maximum atomic E-state index is 10.7. The predicted molar refractivity (Wildman–Crippen MR) is 70.6 cm³/mol. The fourth-order valence-electron chi connectivity index (χ4n) is 1.33. The van der Waals surface area contributed by atoms with Crippen LogP contribution in [0.3, 0.4) is 0 Å². The average molecular weight is 246 g/mol. The Morgan fingerprint density at radius 2 is 2.06 bits per heavy atom. The number of aromatic nitrogens is 2. The molecule has 0 fully saturated rings. The molecule has 0 spiro atoms. The molecule has 1 heterocycles. The molecule has 4 nitrogen and oxygen atoms in total. The van der Waals surface area contributed by atoms with Crippen LogP contribution in [0.15, 0.2) is 43.0 Å². The van der Waals surface area contributed by atoms with Crippen molar-refractivity contribution < 1.29 is 9.53 Å². The Labute approximate surface area is 107 Å². The zero-order valence-electron chi connectivity index (χ0n) is 10.7. The smallest absolute Gasteiger partial charge is 0.130 e. The van der Waals surface area contributed by atoms with Gasteiger partial charge in [0.2, 0.25) is 0 Å². The van der Waals surface area contributed by atoms with Crippen molar-refractivity contribution in [3.63, 3.8) is 0 Å². The SMILES string of the molecule is COc1ccc(CCC(C)=O)cc1.c1c[nH]cn1. The molecule has 0 aliphatic carbocycles. The summed E-state index contributed by atoms with van der Waals surface area (Å²) in [6.45, 7) is 1.61. The van der Waals surface area contributed by atoms with Gasteiger partial charge in [-0.2, -0.15) is 0 Å². The normalized spacial score (nSPS) is 9.22. The molecule has 2 aromatic rings. The highest BCUT2D eigenvalue weighted by molar-refractivity contribution is 5.75. The molecule has 4 heteroatoms. The highest BCUT2D eigenvalue weighted by Crippen LogP contribution is 2.12. The van der Waals surface area contributed by atoms with Crippen molar-refractivity contribution in [3.8, 4) is 5.75 Å². The van der Waals surface area contributed by atoms with Crippen molar-refractivity contribution in [1.29, 1.82) is 0 Å². The monoisotopic (exact) mass is 246 g/mol. The number of aryl methyl sites for hydroxylation is 1. The Kier molecular flexibility index (Phi) is 6.25. The lowest BCUT2D eigenvalue weighted by atomic mass is 10.1. The third kappa shape index (κ3) is 5.84. The zero-order chi connectivity index (χ0) is 13.2. The van der Waals surface area contributed by atoms with Crippen LogP contribution in [0.1, 0.15) is 18.9 Å². The van der Waals surface area contributed by atoms with Crippen LogP contribution in [0.2, 0.25) is 0 Å². The van der Waals surface area contributed by atoms with Gasteiger partial charge in [-0.25, -0.2) is 4.98 Å². The van der Waals surface area contributed by atoms with Crippen LogP contribution in [-0.4, -0.2) is 22.9 Å². The topological polar surface area (TPSA) is 55.0 Å². The van der Waals surface area contributed by atoms with Gasteiger partial charge in [-0.15, -0.1) is 0 Å². The minimum absolute atomic E-state index is 0.232. The molecular weight excluding hydrogens is 228 g/mol. The van der Waals surface area contributed by atoms with Crippen LogP contribution in [0, 0.1) is 0 Å². The summed E-state index contributed by atoms with van der Waals surface area (Å²) in [6.07, 6.45) is 6.52. The molecule has 0 aliphatic heterocycles. The number of nitrogens with one attached hydrogen (secondary N) is 1.